The Morgan fingerprint density at radius 3 is 2.64 bits per heavy atom. The van der Waals surface area contributed by atoms with Crippen LogP contribution < -0.4 is 11.3 Å². The van der Waals surface area contributed by atoms with Crippen molar-refractivity contribution in [3.8, 4) is 0 Å². The molecule has 0 bridgehead atoms. The lowest BCUT2D eigenvalue weighted by atomic mass is 10.1. The van der Waals surface area contributed by atoms with Gasteiger partial charge in [0, 0.05) is 36.4 Å². The first kappa shape index (κ1) is 19.7. The third kappa shape index (κ3) is 4.25. The highest BCUT2D eigenvalue weighted by Crippen LogP contribution is 2.23. The molecule has 2 N–H and O–H groups in total. The summed E-state index contributed by atoms with van der Waals surface area (Å²) in [4.78, 5) is 40.9. The summed E-state index contributed by atoms with van der Waals surface area (Å²) in [7, 11) is 0. The van der Waals surface area contributed by atoms with Gasteiger partial charge in [0.2, 0.25) is 5.91 Å². The van der Waals surface area contributed by atoms with E-state index in [9.17, 15) is 19.7 Å². The number of hydrogen-bond donors (Lipinski definition) is 1. The molecule has 28 heavy (non-hydrogen) atoms. The van der Waals surface area contributed by atoms with Crippen LogP contribution >= 0.6 is 11.3 Å². The van der Waals surface area contributed by atoms with E-state index in [4.69, 9.17) is 5.73 Å². The molecular formula is C19H20N4O4S. The second kappa shape index (κ2) is 8.30. The average Bonchev–Trinajstić information content (AvgIpc) is 3.08. The lowest BCUT2D eigenvalue weighted by molar-refractivity contribution is -0.384. The van der Waals surface area contributed by atoms with Crippen LogP contribution in [-0.2, 0) is 24.2 Å². The summed E-state index contributed by atoms with van der Waals surface area (Å²) in [6.07, 6.45) is 1.81. The van der Waals surface area contributed by atoms with E-state index in [1.54, 1.807) is 16.7 Å². The molecule has 0 atom stereocenters. The minimum absolute atomic E-state index is 0.0110. The van der Waals surface area contributed by atoms with Gasteiger partial charge in [0.25, 0.3) is 11.2 Å². The lowest BCUT2D eigenvalue weighted by Gasteiger charge is -2.12. The van der Waals surface area contributed by atoms with Gasteiger partial charge in [-0.25, -0.2) is 4.98 Å². The van der Waals surface area contributed by atoms with Gasteiger partial charge in [-0.2, -0.15) is 0 Å². The average molecular weight is 400 g/mol. The van der Waals surface area contributed by atoms with E-state index in [1.807, 2.05) is 13.0 Å². The van der Waals surface area contributed by atoms with Gasteiger partial charge in [-0.1, -0.05) is 19.1 Å². The topological polar surface area (TPSA) is 121 Å². The van der Waals surface area contributed by atoms with Gasteiger partial charge in [-0.3, -0.25) is 24.3 Å². The fraction of sp³-hybridized carbons (Fsp3) is 0.316. The van der Waals surface area contributed by atoms with Crippen LogP contribution in [0.15, 0.2) is 35.1 Å². The van der Waals surface area contributed by atoms with Crippen molar-refractivity contribution in [2.75, 3.05) is 0 Å². The normalized spacial score (nSPS) is 11.0. The number of aryl methyl sites for hydroxylation is 1. The maximum Gasteiger partial charge on any atom is 0.269 e. The summed E-state index contributed by atoms with van der Waals surface area (Å²) in [6.45, 7) is 2.36. The first-order chi connectivity index (χ1) is 13.4. The fourth-order valence-corrected chi connectivity index (χ4v) is 3.95. The quantitative estimate of drug-likeness (QED) is 0.460. The highest BCUT2D eigenvalue weighted by atomic mass is 32.1. The molecule has 146 valence electrons. The molecular weight excluding hydrogens is 380 g/mol. The summed E-state index contributed by atoms with van der Waals surface area (Å²) in [6, 6.07) is 8.06. The largest absolute Gasteiger partial charge is 0.370 e. The van der Waals surface area contributed by atoms with Gasteiger partial charge in [0.05, 0.1) is 10.3 Å². The van der Waals surface area contributed by atoms with Crippen LogP contribution in [0.2, 0.25) is 0 Å². The van der Waals surface area contributed by atoms with Crippen molar-refractivity contribution < 1.29 is 9.72 Å². The second-order valence-electron chi connectivity index (χ2n) is 6.44. The molecule has 0 radical (unpaired) electrons. The Kier molecular flexibility index (Phi) is 5.84. The maximum atomic E-state index is 13.0. The molecule has 0 saturated heterocycles. The monoisotopic (exact) mass is 400 g/mol. The number of nitrogens with zero attached hydrogens (tertiary/aromatic N) is 3. The summed E-state index contributed by atoms with van der Waals surface area (Å²) < 4.78 is 1.58. The Bertz CT molecular complexity index is 1090. The van der Waals surface area contributed by atoms with Crippen molar-refractivity contribution in [2.24, 2.45) is 5.73 Å². The smallest absolute Gasteiger partial charge is 0.269 e. The number of thiophene rings is 1. The molecule has 0 aliphatic rings. The molecule has 1 amide bonds. The predicted molar refractivity (Wildman–Crippen MR) is 108 cm³/mol. The van der Waals surface area contributed by atoms with E-state index in [-0.39, 0.29) is 17.7 Å². The lowest BCUT2D eigenvalue weighted by Crippen LogP contribution is -2.26. The van der Waals surface area contributed by atoms with Crippen LogP contribution in [0.3, 0.4) is 0 Å². The number of benzene rings is 1. The van der Waals surface area contributed by atoms with Crippen molar-refractivity contribution in [1.82, 2.24) is 9.55 Å². The summed E-state index contributed by atoms with van der Waals surface area (Å²) >= 11 is 1.49. The Morgan fingerprint density at radius 2 is 2.04 bits per heavy atom. The molecule has 3 aromatic rings. The van der Waals surface area contributed by atoms with Gasteiger partial charge in [-0.15, -0.1) is 11.3 Å². The number of fused-ring (bicyclic) bond motifs is 1. The molecule has 3 rings (SSSR count). The van der Waals surface area contributed by atoms with E-state index < -0.39 is 10.8 Å². The van der Waals surface area contributed by atoms with Crippen LogP contribution in [0.25, 0.3) is 10.2 Å². The summed E-state index contributed by atoms with van der Waals surface area (Å²) in [5.41, 5.74) is 5.90. The molecule has 0 aliphatic carbocycles. The van der Waals surface area contributed by atoms with Crippen molar-refractivity contribution >= 4 is 33.1 Å². The number of carbonyl (C=O) groups is 1. The summed E-state index contributed by atoms with van der Waals surface area (Å²) in [5, 5.41) is 11.4. The molecule has 2 heterocycles. The van der Waals surface area contributed by atoms with Gasteiger partial charge in [-0.05, 0) is 24.5 Å². The molecule has 9 heteroatoms. The molecule has 0 fully saturated rings. The van der Waals surface area contributed by atoms with Crippen molar-refractivity contribution in [3.05, 3.63) is 67.1 Å². The number of carbonyl (C=O) groups excluding carboxylic acids is 1. The minimum atomic E-state index is -0.453. The Labute approximate surface area is 164 Å². The molecule has 0 aliphatic heterocycles. The Hall–Kier alpha value is -3.07. The number of nitro groups is 1. The van der Waals surface area contributed by atoms with Crippen LogP contribution in [0.1, 0.15) is 36.0 Å². The van der Waals surface area contributed by atoms with Gasteiger partial charge >= 0.3 is 0 Å². The number of primary amides is 1. The number of aromatic nitrogens is 2. The number of rotatable bonds is 8. The molecule has 2 aromatic heterocycles. The Balaban J connectivity index is 2.00. The van der Waals surface area contributed by atoms with Crippen LogP contribution in [-0.4, -0.2) is 20.4 Å². The zero-order valence-electron chi connectivity index (χ0n) is 15.4. The number of nitro benzene ring substituents is 1. The Morgan fingerprint density at radius 1 is 1.32 bits per heavy atom. The van der Waals surface area contributed by atoms with Crippen LogP contribution in [0.4, 0.5) is 5.69 Å². The van der Waals surface area contributed by atoms with Gasteiger partial charge in [0.15, 0.2) is 0 Å². The number of non-ortho nitro benzene ring substituents is 1. The van der Waals surface area contributed by atoms with Gasteiger partial charge < -0.3 is 5.73 Å². The first-order valence-corrected chi connectivity index (χ1v) is 9.74. The third-order valence-corrected chi connectivity index (χ3v) is 5.62. The summed E-state index contributed by atoms with van der Waals surface area (Å²) in [5.74, 6) is 0.156. The highest BCUT2D eigenvalue weighted by molar-refractivity contribution is 7.18. The zero-order valence-corrected chi connectivity index (χ0v) is 16.2. The van der Waals surface area contributed by atoms with Crippen LogP contribution in [0.5, 0.6) is 0 Å². The number of amides is 1. The van der Waals surface area contributed by atoms with E-state index in [2.05, 4.69) is 4.98 Å². The second-order valence-corrected chi connectivity index (χ2v) is 7.56. The molecule has 0 spiro atoms. The van der Waals surface area contributed by atoms with E-state index >= 15 is 0 Å². The number of nitrogens with two attached hydrogens (primary N) is 1. The highest BCUT2D eigenvalue weighted by Gasteiger charge is 2.15. The standard InChI is InChI=1S/C19H20N4O4S/c1-2-14-11-15-18(28-14)21-17(22(19(15)25)9-3-4-16(20)24)10-12-5-7-13(8-6-12)23(26)27/h5-8,11H,2-4,9-10H2,1H3,(H2,20,24). The predicted octanol–water partition coefficient (Wildman–Crippen LogP) is 2.78. The molecule has 8 nitrogen and oxygen atoms in total. The first-order valence-electron chi connectivity index (χ1n) is 8.92. The zero-order chi connectivity index (χ0) is 20.3. The van der Waals surface area contributed by atoms with Crippen molar-refractivity contribution in [1.29, 1.82) is 0 Å². The SMILES string of the molecule is CCc1cc2c(=O)n(CCCC(N)=O)c(Cc3ccc([N+](=O)[O-])cc3)nc2s1. The van der Waals surface area contributed by atoms with Crippen LogP contribution in [0, 0.1) is 10.1 Å². The van der Waals surface area contributed by atoms with E-state index in [1.165, 1.54) is 23.5 Å². The van der Waals surface area contributed by atoms with Crippen molar-refractivity contribution in [2.45, 2.75) is 39.2 Å². The fourth-order valence-electron chi connectivity index (χ4n) is 2.98. The van der Waals surface area contributed by atoms with E-state index in [0.29, 0.717) is 35.4 Å². The van der Waals surface area contributed by atoms with Crippen molar-refractivity contribution in [3.63, 3.8) is 0 Å². The van der Waals surface area contributed by atoms with E-state index in [0.717, 1.165) is 16.9 Å². The maximum absolute atomic E-state index is 13.0. The molecule has 1 aromatic carbocycles. The third-order valence-electron chi connectivity index (χ3n) is 4.44. The molecule has 0 saturated carbocycles. The van der Waals surface area contributed by atoms with Gasteiger partial charge in [0.1, 0.15) is 10.7 Å². The minimum Gasteiger partial charge on any atom is -0.370 e. The molecule has 0 unspecified atom stereocenters. The number of hydrogen-bond acceptors (Lipinski definition) is 6.